The molecule has 3 heterocycles. The maximum atomic E-state index is 4.21. The predicted molar refractivity (Wildman–Crippen MR) is 61.4 cm³/mol. The summed E-state index contributed by atoms with van der Waals surface area (Å²) in [5.74, 6) is 0. The molecule has 0 aliphatic carbocycles. The third-order valence-corrected chi connectivity index (χ3v) is 3.80. The zero-order chi connectivity index (χ0) is 10.3. The molecule has 3 rings (SSSR count). The van der Waals surface area contributed by atoms with Crippen LogP contribution in [0, 0.1) is 0 Å². The Morgan fingerprint density at radius 3 is 3.13 bits per heavy atom. The van der Waals surface area contributed by atoms with Crippen LogP contribution in [0.4, 0.5) is 0 Å². The number of nitrogens with zero attached hydrogens (tertiary/aromatic N) is 2. The molecule has 0 saturated carbocycles. The summed E-state index contributed by atoms with van der Waals surface area (Å²) in [6.07, 6.45) is 10.1. The Morgan fingerprint density at radius 2 is 2.33 bits per heavy atom. The van der Waals surface area contributed by atoms with E-state index >= 15 is 0 Å². The Balaban J connectivity index is 1.97. The van der Waals surface area contributed by atoms with E-state index in [1.54, 1.807) is 0 Å². The van der Waals surface area contributed by atoms with E-state index in [2.05, 4.69) is 29.1 Å². The quantitative estimate of drug-likeness (QED) is 0.691. The van der Waals surface area contributed by atoms with E-state index in [1.807, 2.05) is 18.5 Å². The van der Waals surface area contributed by atoms with Crippen molar-refractivity contribution in [1.82, 2.24) is 9.88 Å². The van der Waals surface area contributed by atoms with Gasteiger partial charge in [0.05, 0.1) is 0 Å². The molecule has 2 aliphatic heterocycles. The molecule has 2 nitrogen and oxygen atoms in total. The van der Waals surface area contributed by atoms with Crippen molar-refractivity contribution in [3.8, 4) is 0 Å². The molecular weight excluding hydrogens is 184 g/mol. The Kier molecular flexibility index (Phi) is 2.10. The van der Waals surface area contributed by atoms with Gasteiger partial charge in [0, 0.05) is 24.5 Å². The zero-order valence-corrected chi connectivity index (χ0v) is 9.06. The van der Waals surface area contributed by atoms with Crippen molar-refractivity contribution in [3.63, 3.8) is 0 Å². The Morgan fingerprint density at radius 1 is 1.40 bits per heavy atom. The highest BCUT2D eigenvalue weighted by Gasteiger charge is 2.35. The molecule has 1 aromatic heterocycles. The average Bonchev–Trinajstić information content (AvgIpc) is 2.54. The number of rotatable bonds is 1. The summed E-state index contributed by atoms with van der Waals surface area (Å²) in [6.45, 7) is 0. The number of aromatic nitrogens is 1. The van der Waals surface area contributed by atoms with Gasteiger partial charge in [0.15, 0.2) is 0 Å². The molecule has 15 heavy (non-hydrogen) atoms. The van der Waals surface area contributed by atoms with Crippen LogP contribution in [-0.2, 0) is 0 Å². The van der Waals surface area contributed by atoms with E-state index in [4.69, 9.17) is 0 Å². The van der Waals surface area contributed by atoms with Crippen molar-refractivity contribution in [3.05, 3.63) is 36.2 Å². The van der Waals surface area contributed by atoms with Gasteiger partial charge in [-0.3, -0.25) is 9.88 Å². The van der Waals surface area contributed by atoms with Gasteiger partial charge in [0.1, 0.15) is 0 Å². The molecule has 0 spiro atoms. The van der Waals surface area contributed by atoms with Gasteiger partial charge in [-0.25, -0.2) is 0 Å². The molecule has 1 saturated heterocycles. The Labute approximate surface area is 90.6 Å². The number of pyridine rings is 1. The SMILES string of the molecule is CN1[C@@H]2CC=C(c3cccnc3)[C@H]1CC2. The van der Waals surface area contributed by atoms with Crippen LogP contribution in [0.1, 0.15) is 24.8 Å². The molecular formula is C13H16N2. The van der Waals surface area contributed by atoms with Gasteiger partial charge in [-0.1, -0.05) is 12.1 Å². The standard InChI is InChI=1S/C13H16N2/c1-15-11-4-6-12(13(15)7-5-11)10-3-2-8-14-9-10/h2-3,6,8-9,11,13H,4-5,7H2,1H3/t11-,13-/m1/s1. The van der Waals surface area contributed by atoms with Crippen molar-refractivity contribution in [2.75, 3.05) is 7.05 Å². The normalized spacial score (nSPS) is 30.3. The largest absolute Gasteiger partial charge is 0.296 e. The maximum Gasteiger partial charge on any atom is 0.0352 e. The van der Waals surface area contributed by atoms with Crippen LogP contribution in [0.25, 0.3) is 5.57 Å². The third-order valence-electron chi connectivity index (χ3n) is 3.80. The molecule has 2 bridgehead atoms. The first kappa shape index (κ1) is 9.10. The Bertz CT molecular complexity index is 383. The highest BCUT2D eigenvalue weighted by atomic mass is 15.2. The van der Waals surface area contributed by atoms with Gasteiger partial charge in [-0.05, 0) is 43.5 Å². The molecule has 2 heteroatoms. The van der Waals surface area contributed by atoms with E-state index in [0.717, 1.165) is 6.04 Å². The van der Waals surface area contributed by atoms with Gasteiger partial charge in [0.2, 0.25) is 0 Å². The molecule has 0 unspecified atom stereocenters. The van der Waals surface area contributed by atoms with E-state index in [-0.39, 0.29) is 0 Å². The lowest BCUT2D eigenvalue weighted by molar-refractivity contribution is 0.267. The fraction of sp³-hybridized carbons (Fsp3) is 0.462. The van der Waals surface area contributed by atoms with Crippen molar-refractivity contribution < 1.29 is 0 Å². The first-order chi connectivity index (χ1) is 7.36. The lowest BCUT2D eigenvalue weighted by atomic mass is 9.96. The molecule has 0 N–H and O–H groups in total. The van der Waals surface area contributed by atoms with E-state index in [9.17, 15) is 0 Å². The fourth-order valence-corrected chi connectivity index (χ4v) is 2.91. The van der Waals surface area contributed by atoms with Crippen molar-refractivity contribution in [2.45, 2.75) is 31.3 Å². The van der Waals surface area contributed by atoms with Crippen LogP contribution >= 0.6 is 0 Å². The average molecular weight is 200 g/mol. The first-order valence-electron chi connectivity index (χ1n) is 5.68. The number of fused-ring (bicyclic) bond motifs is 2. The van der Waals surface area contributed by atoms with Gasteiger partial charge in [0.25, 0.3) is 0 Å². The highest BCUT2D eigenvalue weighted by Crippen LogP contribution is 2.38. The van der Waals surface area contributed by atoms with Gasteiger partial charge >= 0.3 is 0 Å². The summed E-state index contributed by atoms with van der Waals surface area (Å²) >= 11 is 0. The molecule has 78 valence electrons. The molecule has 2 aliphatic rings. The number of likely N-dealkylation sites (N-methyl/N-ethyl adjacent to an activating group) is 1. The summed E-state index contributed by atoms with van der Waals surface area (Å²) in [5, 5.41) is 0. The summed E-state index contributed by atoms with van der Waals surface area (Å²) < 4.78 is 0. The lowest BCUT2D eigenvalue weighted by Gasteiger charge is -2.31. The first-order valence-corrected chi connectivity index (χ1v) is 5.68. The van der Waals surface area contributed by atoms with Crippen molar-refractivity contribution >= 4 is 5.57 Å². The molecule has 0 radical (unpaired) electrons. The fourth-order valence-electron chi connectivity index (χ4n) is 2.91. The monoisotopic (exact) mass is 200 g/mol. The van der Waals surface area contributed by atoms with Gasteiger partial charge in [-0.15, -0.1) is 0 Å². The topological polar surface area (TPSA) is 16.1 Å². The molecule has 1 fully saturated rings. The number of hydrogen-bond donors (Lipinski definition) is 0. The third kappa shape index (κ3) is 1.40. The van der Waals surface area contributed by atoms with Crippen LogP contribution in [0.2, 0.25) is 0 Å². The lowest BCUT2D eigenvalue weighted by Crippen LogP contribution is -2.35. The van der Waals surface area contributed by atoms with Crippen LogP contribution < -0.4 is 0 Å². The minimum absolute atomic E-state index is 0.632. The van der Waals surface area contributed by atoms with E-state index < -0.39 is 0 Å². The van der Waals surface area contributed by atoms with Crippen molar-refractivity contribution in [1.29, 1.82) is 0 Å². The van der Waals surface area contributed by atoms with Crippen LogP contribution in [-0.4, -0.2) is 29.0 Å². The van der Waals surface area contributed by atoms with E-state index in [1.165, 1.54) is 30.4 Å². The minimum Gasteiger partial charge on any atom is -0.296 e. The molecule has 0 amide bonds. The van der Waals surface area contributed by atoms with Gasteiger partial charge < -0.3 is 0 Å². The molecule has 2 atom stereocenters. The minimum atomic E-state index is 0.632. The van der Waals surface area contributed by atoms with E-state index in [0.29, 0.717) is 6.04 Å². The molecule has 1 aromatic rings. The second-order valence-corrected chi connectivity index (χ2v) is 4.55. The maximum absolute atomic E-state index is 4.21. The van der Waals surface area contributed by atoms with Crippen LogP contribution in [0.15, 0.2) is 30.6 Å². The highest BCUT2D eigenvalue weighted by molar-refractivity contribution is 5.70. The summed E-state index contributed by atoms with van der Waals surface area (Å²) in [5.41, 5.74) is 2.79. The van der Waals surface area contributed by atoms with Crippen molar-refractivity contribution in [2.24, 2.45) is 0 Å². The van der Waals surface area contributed by atoms with Gasteiger partial charge in [-0.2, -0.15) is 0 Å². The summed E-state index contributed by atoms with van der Waals surface area (Å²) in [6, 6.07) is 5.62. The number of hydrogen-bond acceptors (Lipinski definition) is 2. The predicted octanol–water partition coefficient (Wildman–Crippen LogP) is 2.33. The second kappa shape index (κ2) is 3.46. The van der Waals surface area contributed by atoms with Crippen LogP contribution in [0.3, 0.4) is 0 Å². The second-order valence-electron chi connectivity index (χ2n) is 4.55. The zero-order valence-electron chi connectivity index (χ0n) is 9.06. The Hall–Kier alpha value is -1.15. The summed E-state index contributed by atoms with van der Waals surface area (Å²) in [7, 11) is 2.26. The molecule has 0 aromatic carbocycles. The summed E-state index contributed by atoms with van der Waals surface area (Å²) in [4.78, 5) is 6.74. The smallest absolute Gasteiger partial charge is 0.0352 e. The van der Waals surface area contributed by atoms with Crippen LogP contribution in [0.5, 0.6) is 0 Å².